The van der Waals surface area contributed by atoms with Crippen molar-refractivity contribution in [2.24, 2.45) is 5.92 Å². The number of aliphatic hydroxyl groups excluding tert-OH is 1. The molecule has 0 aliphatic heterocycles. The molecule has 3 amide bonds. The van der Waals surface area contributed by atoms with Gasteiger partial charge in [0.25, 0.3) is 0 Å². The van der Waals surface area contributed by atoms with E-state index in [0.29, 0.717) is 36.1 Å². The first kappa shape index (κ1) is 59.9. The molecular weight excluding hydrogens is 1040 g/mol. The number of rotatable bonds is 27. The number of allylic oxidation sites excluding steroid dienone is 2. The Morgan fingerprint density at radius 3 is 1.70 bits per heavy atom. The van der Waals surface area contributed by atoms with Crippen molar-refractivity contribution >= 4 is 55.0 Å². The Hall–Kier alpha value is -7.71. The van der Waals surface area contributed by atoms with Crippen molar-refractivity contribution in [3.63, 3.8) is 0 Å². The van der Waals surface area contributed by atoms with E-state index in [4.69, 9.17) is 17.6 Å². The van der Waals surface area contributed by atoms with Crippen LogP contribution in [0.4, 0.5) is 10.1 Å². The Balaban J connectivity index is 1.15. The number of anilines is 1. The fourth-order valence-electron chi connectivity index (χ4n) is 10.8. The Labute approximate surface area is 481 Å². The van der Waals surface area contributed by atoms with E-state index in [1.807, 2.05) is 147 Å². The van der Waals surface area contributed by atoms with Gasteiger partial charge < -0.3 is 20.3 Å². The summed E-state index contributed by atoms with van der Waals surface area (Å²) >= 11 is 9.41. The topological polar surface area (TPSA) is 136 Å². The Bertz CT molecular complexity index is 3090. The normalized spacial score (nSPS) is 12.8. The van der Waals surface area contributed by atoms with Crippen molar-refractivity contribution in [3.05, 3.63) is 264 Å². The summed E-state index contributed by atoms with van der Waals surface area (Å²) in [5.74, 6) is -2.54. The number of carbonyl (C=O) groups excluding carboxylic acids is 4. The van der Waals surface area contributed by atoms with Crippen LogP contribution in [0.3, 0.4) is 0 Å². The van der Waals surface area contributed by atoms with Gasteiger partial charge in [-0.3, -0.25) is 27.8 Å². The second-order valence-corrected chi connectivity index (χ2v) is 21.1. The SMILES string of the molecule is C=CCOC(=O)C[C@H](O)[C@@H](C(C)C)N(S)C(=O)CCC(c1ccccc1)(c1ccccc1)c1ccccc1NC(=O)C(Cc1ccc(F)cc1)N(S)C(=O)CCC=CCCC(c1ccccc1)(c1ccccc1)c1cccc(O)c1. The monoisotopic (exact) mass is 1110 g/mol. The standard InChI is InChI=1S/C67H70FN3O7S2/c1-4-44-78-63(76)47-60(73)64(48(2)3)71(80)62(75)41-43-67(52-28-15-9-16-29-52,53-30-17-10-18-31-53)57-34-20-21-35-58(57)69-65(77)59(45-49-37-39-55(68)40-38-49)70(79)61(74)36-19-5-6-22-42-66(50-24-11-7-12-25-50,51-26-13-8-14-27-51)54-32-23-33-56(72)46-54/h4-18,20-21,23-35,37-40,46,48,59-60,64,72-73,79-80H,1,19,22,36,41-45,47H2,2-3H3,(H,69,77)/t59?,60-,64+/m0/s1. The molecule has 0 saturated carbocycles. The molecule has 414 valence electrons. The lowest BCUT2D eigenvalue weighted by Crippen LogP contribution is -2.46. The van der Waals surface area contributed by atoms with Crippen LogP contribution < -0.4 is 5.32 Å². The van der Waals surface area contributed by atoms with Crippen molar-refractivity contribution in [1.29, 1.82) is 0 Å². The molecule has 0 aliphatic rings. The maximum absolute atomic E-state index is 15.1. The minimum Gasteiger partial charge on any atom is -0.508 e. The number of esters is 1. The predicted molar refractivity (Wildman–Crippen MR) is 322 cm³/mol. The van der Waals surface area contributed by atoms with Gasteiger partial charge in [0.1, 0.15) is 24.2 Å². The van der Waals surface area contributed by atoms with E-state index >= 15 is 4.79 Å². The van der Waals surface area contributed by atoms with Gasteiger partial charge in [-0.15, -0.1) is 0 Å². The molecule has 3 atom stereocenters. The van der Waals surface area contributed by atoms with Gasteiger partial charge in [-0.05, 0) is 101 Å². The van der Waals surface area contributed by atoms with Crippen LogP contribution in [0.2, 0.25) is 0 Å². The summed E-state index contributed by atoms with van der Waals surface area (Å²) in [6.07, 6.45) is 5.63. The number of amides is 3. The molecule has 0 saturated heterocycles. The number of benzene rings is 7. The van der Waals surface area contributed by atoms with Crippen LogP contribution in [0.1, 0.15) is 97.7 Å². The number of ether oxygens (including phenoxy) is 1. The quantitative estimate of drug-likeness (QED) is 0.0150. The molecule has 0 bridgehead atoms. The van der Waals surface area contributed by atoms with E-state index < -0.39 is 58.5 Å². The zero-order valence-electron chi connectivity index (χ0n) is 45.2. The molecule has 10 nitrogen and oxygen atoms in total. The van der Waals surface area contributed by atoms with Gasteiger partial charge in [-0.25, -0.2) is 4.39 Å². The highest BCUT2D eigenvalue weighted by molar-refractivity contribution is 7.78. The number of aromatic hydroxyl groups is 1. The lowest BCUT2D eigenvalue weighted by Gasteiger charge is -2.39. The summed E-state index contributed by atoms with van der Waals surface area (Å²) in [5, 5.41) is 25.2. The van der Waals surface area contributed by atoms with Gasteiger partial charge in [0.15, 0.2) is 0 Å². The Morgan fingerprint density at radius 2 is 1.15 bits per heavy atom. The molecular formula is C67H70FN3O7S2. The fourth-order valence-corrected chi connectivity index (χ4v) is 11.6. The van der Waals surface area contributed by atoms with Crippen LogP contribution in [-0.2, 0) is 41.2 Å². The predicted octanol–water partition coefficient (Wildman–Crippen LogP) is 13.2. The first-order valence-electron chi connectivity index (χ1n) is 27.0. The number of hydrogen-bond donors (Lipinski definition) is 5. The van der Waals surface area contributed by atoms with Crippen LogP contribution in [0.5, 0.6) is 5.75 Å². The highest BCUT2D eigenvalue weighted by Crippen LogP contribution is 2.47. The third-order valence-corrected chi connectivity index (χ3v) is 15.7. The number of phenols is 1. The summed E-state index contributed by atoms with van der Waals surface area (Å²) in [6.45, 7) is 7.23. The van der Waals surface area contributed by atoms with Crippen molar-refractivity contribution in [2.75, 3.05) is 11.9 Å². The minimum absolute atomic E-state index is 0.0129. The number of hydrogen-bond acceptors (Lipinski definition) is 9. The average Bonchev–Trinajstić information content (AvgIpc) is 3.63. The molecule has 1 unspecified atom stereocenters. The molecule has 0 spiro atoms. The van der Waals surface area contributed by atoms with Crippen molar-refractivity contribution in [3.8, 4) is 5.75 Å². The van der Waals surface area contributed by atoms with E-state index in [-0.39, 0.29) is 50.4 Å². The van der Waals surface area contributed by atoms with Gasteiger partial charge in [-0.1, -0.05) is 228 Å². The van der Waals surface area contributed by atoms with E-state index in [1.165, 1.54) is 22.5 Å². The first-order valence-corrected chi connectivity index (χ1v) is 27.8. The van der Waals surface area contributed by atoms with Gasteiger partial charge in [-0.2, -0.15) is 0 Å². The summed E-state index contributed by atoms with van der Waals surface area (Å²) in [5.41, 5.74) is 4.76. The molecule has 0 radical (unpaired) electrons. The number of halogens is 1. The van der Waals surface area contributed by atoms with Crippen LogP contribution >= 0.6 is 25.6 Å². The van der Waals surface area contributed by atoms with Gasteiger partial charge in [0.05, 0.1) is 18.6 Å². The third-order valence-electron chi connectivity index (χ3n) is 14.7. The number of thiol groups is 2. The lowest BCUT2D eigenvalue weighted by molar-refractivity contribution is -0.146. The maximum Gasteiger partial charge on any atom is 0.308 e. The first-order chi connectivity index (χ1) is 38.7. The Morgan fingerprint density at radius 1 is 0.637 bits per heavy atom. The molecule has 0 aromatic heterocycles. The molecule has 13 heteroatoms. The molecule has 0 fully saturated rings. The zero-order chi connectivity index (χ0) is 57.1. The molecule has 0 aliphatic carbocycles. The van der Waals surface area contributed by atoms with Crippen LogP contribution in [0.15, 0.2) is 219 Å². The molecule has 0 heterocycles. The summed E-state index contributed by atoms with van der Waals surface area (Å²) in [6, 6.07) is 58.3. The van der Waals surface area contributed by atoms with Gasteiger partial charge in [0, 0.05) is 35.8 Å². The summed E-state index contributed by atoms with van der Waals surface area (Å²) in [4.78, 5) is 56.4. The van der Waals surface area contributed by atoms with Crippen LogP contribution in [0, 0.1) is 11.7 Å². The molecule has 7 aromatic carbocycles. The minimum atomic E-state index is -1.27. The van der Waals surface area contributed by atoms with Crippen LogP contribution in [-0.4, -0.2) is 67.3 Å². The Kier molecular flexibility index (Phi) is 21.7. The number of carbonyl (C=O) groups is 4. The van der Waals surface area contributed by atoms with E-state index in [2.05, 4.69) is 55.1 Å². The van der Waals surface area contributed by atoms with Crippen molar-refractivity contribution < 1.29 is 38.5 Å². The summed E-state index contributed by atoms with van der Waals surface area (Å²) in [7, 11) is 0. The third kappa shape index (κ3) is 14.7. The second kappa shape index (κ2) is 29.0. The number of nitrogens with one attached hydrogen (secondary N) is 1. The van der Waals surface area contributed by atoms with Gasteiger partial charge >= 0.3 is 5.97 Å². The van der Waals surface area contributed by atoms with E-state index in [0.717, 1.165) is 32.1 Å². The number of aliphatic hydroxyl groups is 1. The highest BCUT2D eigenvalue weighted by atomic mass is 32.1. The second-order valence-electron chi connectivity index (χ2n) is 20.2. The fraction of sp³-hybridized carbons (Fsp3) is 0.254. The zero-order valence-corrected chi connectivity index (χ0v) is 47.0. The largest absolute Gasteiger partial charge is 0.508 e. The van der Waals surface area contributed by atoms with Crippen molar-refractivity contribution in [2.45, 2.75) is 94.2 Å². The lowest BCUT2D eigenvalue weighted by atomic mass is 9.66. The summed E-state index contributed by atoms with van der Waals surface area (Å²) < 4.78 is 21.8. The average molecular weight is 1110 g/mol. The molecule has 3 N–H and O–H groups in total. The number of para-hydroxylation sites is 1. The molecule has 80 heavy (non-hydrogen) atoms. The highest BCUT2D eigenvalue weighted by Gasteiger charge is 2.41. The van der Waals surface area contributed by atoms with E-state index in [9.17, 15) is 29.0 Å². The number of phenolic OH excluding ortho intramolecular Hbond substituents is 1. The smallest absolute Gasteiger partial charge is 0.308 e. The van der Waals surface area contributed by atoms with Crippen molar-refractivity contribution in [1.82, 2.24) is 8.61 Å². The molecule has 7 rings (SSSR count). The van der Waals surface area contributed by atoms with E-state index in [1.54, 1.807) is 30.3 Å². The number of nitrogens with zero attached hydrogens (tertiary/aromatic N) is 2. The maximum atomic E-state index is 15.1. The molecule has 7 aromatic rings. The van der Waals surface area contributed by atoms with Crippen LogP contribution in [0.25, 0.3) is 0 Å². The van der Waals surface area contributed by atoms with Gasteiger partial charge in [0.2, 0.25) is 17.7 Å².